The van der Waals surface area contributed by atoms with Gasteiger partial charge in [0.15, 0.2) is 0 Å². The van der Waals surface area contributed by atoms with Gasteiger partial charge in [-0.15, -0.1) is 0 Å². The normalized spacial score (nSPS) is 15.4. The average Bonchev–Trinajstić information content (AvgIpc) is 3.24. The van der Waals surface area contributed by atoms with Gasteiger partial charge in [-0.05, 0) is 42.0 Å². The number of aromatic nitrogens is 2. The summed E-state index contributed by atoms with van der Waals surface area (Å²) in [6.07, 6.45) is 0.379. The summed E-state index contributed by atoms with van der Waals surface area (Å²) in [7, 11) is 1.56. The molecule has 1 aromatic heterocycles. The third kappa shape index (κ3) is 4.14. The summed E-state index contributed by atoms with van der Waals surface area (Å²) < 4.78 is 6.16. The Bertz CT molecular complexity index is 1340. The van der Waals surface area contributed by atoms with Crippen molar-refractivity contribution < 1.29 is 14.6 Å². The van der Waals surface area contributed by atoms with E-state index in [0.717, 1.165) is 10.1 Å². The van der Waals surface area contributed by atoms with E-state index < -0.39 is 23.2 Å². The first kappa shape index (κ1) is 22.3. The Morgan fingerprint density at radius 2 is 1.85 bits per heavy atom. The number of hydrazone groups is 1. The number of nitrogens with zero attached hydrogens (tertiary/aromatic N) is 3. The second-order valence-electron chi connectivity index (χ2n) is 7.40. The standard InChI is InChI=1S/C23H21ClN4O5/c1-3-19(29)28-18(13-4-10-16(33-2)11-5-13)12-17(26-28)20-21(30)25-23(32)27(22(20)31)15-8-6-14(24)7-9-15/h4-11,18,31H,3,12H2,1-2H3,(H,25,30,32)/t18-/m0/s1. The summed E-state index contributed by atoms with van der Waals surface area (Å²) in [6, 6.07) is 12.9. The first-order valence-corrected chi connectivity index (χ1v) is 10.6. The van der Waals surface area contributed by atoms with Crippen molar-refractivity contribution in [2.24, 2.45) is 5.10 Å². The number of ether oxygens (including phenoxy) is 1. The molecular weight excluding hydrogens is 448 g/mol. The molecule has 0 fully saturated rings. The number of carbonyl (C=O) groups excluding carboxylic acids is 1. The summed E-state index contributed by atoms with van der Waals surface area (Å²) >= 11 is 5.92. The maximum Gasteiger partial charge on any atom is 0.335 e. The minimum atomic E-state index is -0.810. The van der Waals surface area contributed by atoms with Crippen molar-refractivity contribution in [3.63, 3.8) is 0 Å². The van der Waals surface area contributed by atoms with Gasteiger partial charge in [0, 0.05) is 17.9 Å². The molecule has 1 atom stereocenters. The predicted octanol–water partition coefficient (Wildman–Crippen LogP) is 2.98. The molecule has 9 nitrogen and oxygen atoms in total. The van der Waals surface area contributed by atoms with Crippen LogP contribution in [0.25, 0.3) is 5.69 Å². The lowest BCUT2D eigenvalue weighted by atomic mass is 9.99. The van der Waals surface area contributed by atoms with Gasteiger partial charge in [0.25, 0.3) is 5.56 Å². The molecule has 4 rings (SSSR count). The Morgan fingerprint density at radius 1 is 1.18 bits per heavy atom. The van der Waals surface area contributed by atoms with Gasteiger partial charge in [0.2, 0.25) is 11.8 Å². The predicted molar refractivity (Wildman–Crippen MR) is 123 cm³/mol. The van der Waals surface area contributed by atoms with Crippen LogP contribution < -0.4 is 16.0 Å². The van der Waals surface area contributed by atoms with Crippen LogP contribution in [0.5, 0.6) is 11.6 Å². The number of aromatic hydroxyl groups is 1. The van der Waals surface area contributed by atoms with Crippen LogP contribution in [-0.4, -0.2) is 38.4 Å². The molecule has 0 bridgehead atoms. The van der Waals surface area contributed by atoms with E-state index >= 15 is 0 Å². The molecule has 1 aliphatic heterocycles. The number of H-pyrrole nitrogens is 1. The van der Waals surface area contributed by atoms with Crippen molar-refractivity contribution >= 4 is 23.2 Å². The Kier molecular flexibility index (Phi) is 6.06. The molecule has 2 heterocycles. The molecule has 10 heteroatoms. The van der Waals surface area contributed by atoms with Gasteiger partial charge >= 0.3 is 5.69 Å². The number of carbonyl (C=O) groups is 1. The third-order valence-electron chi connectivity index (χ3n) is 5.43. The van der Waals surface area contributed by atoms with E-state index in [9.17, 15) is 19.5 Å². The second-order valence-corrected chi connectivity index (χ2v) is 7.84. The number of rotatable bonds is 5. The highest BCUT2D eigenvalue weighted by Crippen LogP contribution is 2.35. The second kappa shape index (κ2) is 8.95. The topological polar surface area (TPSA) is 117 Å². The van der Waals surface area contributed by atoms with E-state index in [4.69, 9.17) is 16.3 Å². The van der Waals surface area contributed by atoms with Crippen LogP contribution in [0, 0.1) is 0 Å². The van der Waals surface area contributed by atoms with E-state index in [0.29, 0.717) is 16.5 Å². The van der Waals surface area contributed by atoms with Crippen LogP contribution in [-0.2, 0) is 4.79 Å². The Labute approximate surface area is 193 Å². The third-order valence-corrected chi connectivity index (χ3v) is 5.68. The summed E-state index contributed by atoms with van der Waals surface area (Å²) in [4.78, 5) is 40.0. The number of hydrogen-bond donors (Lipinski definition) is 2. The van der Waals surface area contributed by atoms with Gasteiger partial charge in [-0.3, -0.25) is 14.6 Å². The van der Waals surface area contributed by atoms with Gasteiger partial charge in [-0.2, -0.15) is 5.10 Å². The fourth-order valence-electron chi connectivity index (χ4n) is 3.75. The maximum atomic E-state index is 12.7. The summed E-state index contributed by atoms with van der Waals surface area (Å²) in [5.41, 5.74) is -0.478. The molecule has 2 aromatic carbocycles. The highest BCUT2D eigenvalue weighted by atomic mass is 35.5. The largest absolute Gasteiger partial charge is 0.497 e. The van der Waals surface area contributed by atoms with E-state index in [1.165, 1.54) is 17.1 Å². The van der Waals surface area contributed by atoms with Crippen molar-refractivity contribution in [1.29, 1.82) is 0 Å². The van der Waals surface area contributed by atoms with Crippen LogP contribution >= 0.6 is 11.6 Å². The molecule has 0 spiro atoms. The number of methoxy groups -OCH3 is 1. The Morgan fingerprint density at radius 3 is 2.45 bits per heavy atom. The number of benzene rings is 2. The lowest BCUT2D eigenvalue weighted by Crippen LogP contribution is -2.33. The number of halogens is 1. The fourth-order valence-corrected chi connectivity index (χ4v) is 3.88. The minimum absolute atomic E-state index is 0.172. The van der Waals surface area contributed by atoms with Crippen LogP contribution in [0.4, 0.5) is 0 Å². The van der Waals surface area contributed by atoms with Crippen molar-refractivity contribution in [1.82, 2.24) is 14.6 Å². The fraction of sp³-hybridized carbons (Fsp3) is 0.217. The molecular formula is C23H21ClN4O5. The lowest BCUT2D eigenvalue weighted by Gasteiger charge is -2.21. The van der Waals surface area contributed by atoms with Crippen LogP contribution in [0.3, 0.4) is 0 Å². The van der Waals surface area contributed by atoms with Crippen LogP contribution in [0.15, 0.2) is 63.2 Å². The molecule has 0 saturated carbocycles. The number of hydrogen-bond acceptors (Lipinski definition) is 6. The monoisotopic (exact) mass is 468 g/mol. The molecule has 3 aromatic rings. The molecule has 0 aliphatic carbocycles. The van der Waals surface area contributed by atoms with Crippen molar-refractivity contribution in [2.45, 2.75) is 25.8 Å². The quantitative estimate of drug-likeness (QED) is 0.597. The molecule has 0 saturated heterocycles. The van der Waals surface area contributed by atoms with Crippen LogP contribution in [0.2, 0.25) is 5.02 Å². The van der Waals surface area contributed by atoms with E-state index in [-0.39, 0.29) is 30.0 Å². The van der Waals surface area contributed by atoms with Crippen molar-refractivity contribution in [2.75, 3.05) is 7.11 Å². The summed E-state index contributed by atoms with van der Waals surface area (Å²) in [5, 5.41) is 17.1. The molecule has 33 heavy (non-hydrogen) atoms. The summed E-state index contributed by atoms with van der Waals surface area (Å²) in [6.45, 7) is 1.71. The van der Waals surface area contributed by atoms with Gasteiger partial charge < -0.3 is 9.84 Å². The van der Waals surface area contributed by atoms with Gasteiger partial charge in [-0.25, -0.2) is 14.4 Å². The van der Waals surface area contributed by atoms with Gasteiger partial charge in [0.1, 0.15) is 11.3 Å². The Balaban J connectivity index is 1.81. The molecule has 0 unspecified atom stereocenters. The van der Waals surface area contributed by atoms with E-state index in [2.05, 4.69) is 10.1 Å². The van der Waals surface area contributed by atoms with E-state index in [1.807, 2.05) is 12.1 Å². The van der Waals surface area contributed by atoms with Gasteiger partial charge in [0.05, 0.1) is 24.6 Å². The number of amides is 1. The molecule has 2 N–H and O–H groups in total. The van der Waals surface area contributed by atoms with Crippen molar-refractivity contribution in [3.05, 3.63) is 85.5 Å². The lowest BCUT2D eigenvalue weighted by molar-refractivity contribution is -0.132. The smallest absolute Gasteiger partial charge is 0.335 e. The first-order chi connectivity index (χ1) is 15.8. The maximum absolute atomic E-state index is 12.7. The zero-order chi connectivity index (χ0) is 23.7. The number of aromatic amines is 1. The Hall–Kier alpha value is -3.85. The minimum Gasteiger partial charge on any atom is -0.497 e. The number of nitrogens with one attached hydrogen (secondary N) is 1. The average molecular weight is 469 g/mol. The molecule has 0 radical (unpaired) electrons. The molecule has 170 valence electrons. The zero-order valence-corrected chi connectivity index (χ0v) is 18.7. The van der Waals surface area contributed by atoms with Crippen LogP contribution in [0.1, 0.15) is 36.9 Å². The van der Waals surface area contributed by atoms with Gasteiger partial charge in [-0.1, -0.05) is 30.7 Å². The summed E-state index contributed by atoms with van der Waals surface area (Å²) in [5.74, 6) is -0.146. The SMILES string of the molecule is CCC(=O)N1N=C(c2c(O)n(-c3ccc(Cl)cc3)c(=O)[nH]c2=O)C[C@H]1c1ccc(OC)cc1. The van der Waals surface area contributed by atoms with E-state index in [1.54, 1.807) is 38.3 Å². The van der Waals surface area contributed by atoms with Crippen molar-refractivity contribution in [3.8, 4) is 17.3 Å². The highest BCUT2D eigenvalue weighted by Gasteiger charge is 2.35. The highest BCUT2D eigenvalue weighted by molar-refractivity contribution is 6.30. The molecule has 1 amide bonds. The zero-order valence-electron chi connectivity index (χ0n) is 17.9. The molecule has 1 aliphatic rings. The first-order valence-electron chi connectivity index (χ1n) is 10.2.